The van der Waals surface area contributed by atoms with E-state index in [-0.39, 0.29) is 5.69 Å². The number of aldehydes is 1. The van der Waals surface area contributed by atoms with Crippen molar-refractivity contribution in [3.63, 3.8) is 0 Å². The third-order valence-electron chi connectivity index (χ3n) is 1.21. The lowest BCUT2D eigenvalue weighted by Gasteiger charge is -1.94. The maximum atomic E-state index is 10.3. The first-order chi connectivity index (χ1) is 5.27. The van der Waals surface area contributed by atoms with Crippen LogP contribution >= 0.6 is 15.9 Å². The van der Waals surface area contributed by atoms with Crippen LogP contribution in [0.25, 0.3) is 0 Å². The monoisotopic (exact) mass is 213 g/mol. The van der Waals surface area contributed by atoms with Crippen molar-refractivity contribution < 1.29 is 4.79 Å². The molecule has 0 radical (unpaired) electrons. The van der Waals surface area contributed by atoms with E-state index in [2.05, 4.69) is 21.1 Å². The molecule has 11 heavy (non-hydrogen) atoms. The van der Waals surface area contributed by atoms with Gasteiger partial charge < -0.3 is 0 Å². The van der Waals surface area contributed by atoms with E-state index >= 15 is 0 Å². The fourth-order valence-electron chi connectivity index (χ4n) is 0.678. The largest absolute Gasteiger partial charge is 0.298 e. The Bertz CT molecular complexity index is 298. The van der Waals surface area contributed by atoms with E-state index in [4.69, 9.17) is 0 Å². The molecule has 56 valence electrons. The van der Waals surface area contributed by atoms with Crippen LogP contribution in [0.3, 0.4) is 0 Å². The Morgan fingerprint density at radius 1 is 1.45 bits per heavy atom. The quantitative estimate of drug-likeness (QED) is 0.561. The summed E-state index contributed by atoms with van der Waals surface area (Å²) in [6.07, 6.45) is 0.665. The first-order valence-electron chi connectivity index (χ1n) is 2.86. The SMILES string of the molecule is O=Cc1cc(N=O)ccc1Br. The summed E-state index contributed by atoms with van der Waals surface area (Å²) in [6.45, 7) is 0. The second kappa shape index (κ2) is 3.39. The predicted molar refractivity (Wildman–Crippen MR) is 45.0 cm³/mol. The zero-order valence-electron chi connectivity index (χ0n) is 5.45. The minimum absolute atomic E-state index is 0.260. The molecule has 0 aliphatic carbocycles. The lowest BCUT2D eigenvalue weighted by Crippen LogP contribution is -1.79. The number of nitrogens with zero attached hydrogens (tertiary/aromatic N) is 1. The normalized spacial score (nSPS) is 9.18. The van der Waals surface area contributed by atoms with E-state index in [9.17, 15) is 9.70 Å². The Kier molecular flexibility index (Phi) is 2.48. The van der Waals surface area contributed by atoms with Crippen LogP contribution in [0, 0.1) is 4.91 Å². The molecule has 0 amide bonds. The van der Waals surface area contributed by atoms with Gasteiger partial charge in [-0.1, -0.05) is 15.9 Å². The third-order valence-corrected chi connectivity index (χ3v) is 1.93. The maximum absolute atomic E-state index is 10.3. The van der Waals surface area contributed by atoms with Crippen molar-refractivity contribution in [2.45, 2.75) is 0 Å². The highest BCUT2D eigenvalue weighted by Crippen LogP contribution is 2.20. The van der Waals surface area contributed by atoms with Crippen LogP contribution in [0.5, 0.6) is 0 Å². The Labute approximate surface area is 71.5 Å². The molecule has 0 fully saturated rings. The molecule has 0 saturated carbocycles. The summed E-state index contributed by atoms with van der Waals surface area (Å²) in [7, 11) is 0. The van der Waals surface area contributed by atoms with E-state index < -0.39 is 0 Å². The number of nitroso groups, excluding NO2 is 1. The topological polar surface area (TPSA) is 46.5 Å². The van der Waals surface area contributed by atoms with Crippen molar-refractivity contribution in [2.24, 2.45) is 5.18 Å². The lowest BCUT2D eigenvalue weighted by atomic mass is 10.2. The molecule has 0 heterocycles. The third kappa shape index (κ3) is 1.71. The zero-order chi connectivity index (χ0) is 8.27. The molecular weight excluding hydrogens is 210 g/mol. The van der Waals surface area contributed by atoms with E-state index in [1.807, 2.05) is 0 Å². The van der Waals surface area contributed by atoms with Crippen molar-refractivity contribution in [1.82, 2.24) is 0 Å². The van der Waals surface area contributed by atoms with E-state index in [1.54, 1.807) is 6.07 Å². The number of carbonyl (C=O) groups excluding carboxylic acids is 1. The van der Waals surface area contributed by atoms with Gasteiger partial charge in [-0.25, -0.2) is 0 Å². The molecule has 0 aromatic heterocycles. The highest BCUT2D eigenvalue weighted by Gasteiger charge is 1.99. The summed E-state index contributed by atoms with van der Waals surface area (Å²) in [5.41, 5.74) is 0.692. The van der Waals surface area contributed by atoms with Crippen LogP contribution < -0.4 is 0 Å². The maximum Gasteiger partial charge on any atom is 0.151 e. The fourth-order valence-corrected chi connectivity index (χ4v) is 1.02. The lowest BCUT2D eigenvalue weighted by molar-refractivity contribution is 0.112. The van der Waals surface area contributed by atoms with Gasteiger partial charge in [0.05, 0.1) is 0 Å². The van der Waals surface area contributed by atoms with Crippen molar-refractivity contribution in [2.75, 3.05) is 0 Å². The molecule has 0 bridgehead atoms. The highest BCUT2D eigenvalue weighted by atomic mass is 79.9. The van der Waals surface area contributed by atoms with E-state index in [1.165, 1.54) is 12.1 Å². The molecular formula is C7H4BrNO2. The van der Waals surface area contributed by atoms with Gasteiger partial charge in [-0.15, -0.1) is 4.91 Å². The van der Waals surface area contributed by atoms with Crippen LogP contribution in [0.1, 0.15) is 10.4 Å². The minimum atomic E-state index is 0.260. The Morgan fingerprint density at radius 2 is 2.18 bits per heavy atom. The van der Waals surface area contributed by atoms with Crippen LogP contribution in [0.4, 0.5) is 5.69 Å². The molecule has 1 aromatic carbocycles. The van der Waals surface area contributed by atoms with Gasteiger partial charge in [-0.2, -0.15) is 0 Å². The van der Waals surface area contributed by atoms with E-state index in [0.717, 1.165) is 0 Å². The molecule has 0 unspecified atom stereocenters. The summed E-state index contributed by atoms with van der Waals surface area (Å²) in [4.78, 5) is 20.3. The van der Waals surface area contributed by atoms with Crippen molar-refractivity contribution in [3.8, 4) is 0 Å². The van der Waals surface area contributed by atoms with Gasteiger partial charge in [0.1, 0.15) is 5.69 Å². The molecule has 4 heteroatoms. The van der Waals surface area contributed by atoms with Crippen molar-refractivity contribution in [1.29, 1.82) is 0 Å². The highest BCUT2D eigenvalue weighted by molar-refractivity contribution is 9.10. The first-order valence-corrected chi connectivity index (χ1v) is 3.65. The number of hydrogen-bond acceptors (Lipinski definition) is 3. The fraction of sp³-hybridized carbons (Fsp3) is 0. The van der Waals surface area contributed by atoms with Gasteiger partial charge >= 0.3 is 0 Å². The Balaban J connectivity index is 3.22. The van der Waals surface area contributed by atoms with Gasteiger partial charge in [-0.3, -0.25) is 4.79 Å². The Morgan fingerprint density at radius 3 is 2.73 bits per heavy atom. The zero-order valence-corrected chi connectivity index (χ0v) is 7.04. The molecule has 1 aromatic rings. The predicted octanol–water partition coefficient (Wildman–Crippen LogP) is 2.66. The second-order valence-electron chi connectivity index (χ2n) is 1.91. The number of carbonyl (C=O) groups is 1. The number of hydrogen-bond donors (Lipinski definition) is 0. The summed E-state index contributed by atoms with van der Waals surface area (Å²) in [5, 5.41) is 2.69. The van der Waals surface area contributed by atoms with Gasteiger partial charge in [0.25, 0.3) is 0 Å². The van der Waals surface area contributed by atoms with Crippen LogP contribution in [-0.4, -0.2) is 6.29 Å². The van der Waals surface area contributed by atoms with E-state index in [0.29, 0.717) is 16.3 Å². The molecule has 1 rings (SSSR count). The number of halogens is 1. The molecule has 0 aliphatic heterocycles. The standard InChI is InChI=1S/C7H4BrNO2/c8-7-2-1-6(9-11)3-5(7)4-10/h1-4H. The molecule has 0 spiro atoms. The summed E-state index contributed by atoms with van der Waals surface area (Å²) in [6, 6.07) is 4.56. The number of rotatable bonds is 2. The molecule has 0 aliphatic rings. The average Bonchev–Trinajstić information content (AvgIpc) is 2.05. The molecule has 0 atom stereocenters. The number of benzene rings is 1. The second-order valence-corrected chi connectivity index (χ2v) is 2.77. The van der Waals surface area contributed by atoms with Crippen LogP contribution in [0.2, 0.25) is 0 Å². The van der Waals surface area contributed by atoms with Gasteiger partial charge in [0.15, 0.2) is 6.29 Å². The smallest absolute Gasteiger partial charge is 0.151 e. The van der Waals surface area contributed by atoms with Crippen molar-refractivity contribution >= 4 is 27.9 Å². The minimum Gasteiger partial charge on any atom is -0.298 e. The summed E-state index contributed by atoms with van der Waals surface area (Å²) < 4.78 is 0.667. The first kappa shape index (κ1) is 8.07. The van der Waals surface area contributed by atoms with Crippen LogP contribution in [0.15, 0.2) is 27.8 Å². The molecule has 0 saturated heterocycles. The Hall–Kier alpha value is -1.03. The van der Waals surface area contributed by atoms with Gasteiger partial charge in [0.2, 0.25) is 0 Å². The molecule has 0 N–H and O–H groups in total. The van der Waals surface area contributed by atoms with Crippen LogP contribution in [-0.2, 0) is 0 Å². The van der Waals surface area contributed by atoms with Gasteiger partial charge in [-0.05, 0) is 23.4 Å². The average molecular weight is 214 g/mol. The molecule has 3 nitrogen and oxygen atoms in total. The summed E-state index contributed by atoms with van der Waals surface area (Å²) >= 11 is 3.14. The van der Waals surface area contributed by atoms with Crippen molar-refractivity contribution in [3.05, 3.63) is 33.1 Å². The summed E-state index contributed by atoms with van der Waals surface area (Å²) in [5.74, 6) is 0. The van der Waals surface area contributed by atoms with Gasteiger partial charge in [0, 0.05) is 10.0 Å².